The highest BCUT2D eigenvalue weighted by molar-refractivity contribution is 5.25. The fourth-order valence-electron chi connectivity index (χ4n) is 2.03. The predicted molar refractivity (Wildman–Crippen MR) is 65.2 cm³/mol. The van der Waals surface area contributed by atoms with Gasteiger partial charge in [0.05, 0.1) is 0 Å². The summed E-state index contributed by atoms with van der Waals surface area (Å²) in [6.07, 6.45) is 2.58. The average molecular weight is 203 g/mol. The topological polar surface area (TPSA) is 12.0 Å². The maximum atomic E-state index is 3.33. The Kier molecular flexibility index (Phi) is 3.42. The Morgan fingerprint density at radius 2 is 2.13 bits per heavy atom. The third-order valence-electron chi connectivity index (χ3n) is 3.32. The third-order valence-corrected chi connectivity index (χ3v) is 3.32. The van der Waals surface area contributed by atoms with Crippen LogP contribution in [-0.2, 0) is 6.42 Å². The first-order valence-electron chi connectivity index (χ1n) is 6.05. The van der Waals surface area contributed by atoms with E-state index in [9.17, 15) is 0 Å². The molecule has 0 amide bonds. The summed E-state index contributed by atoms with van der Waals surface area (Å²) in [5.41, 5.74) is 2.98. The molecule has 1 aliphatic rings. The van der Waals surface area contributed by atoms with Crippen LogP contribution < -0.4 is 5.32 Å². The number of aryl methyl sites for hydroxylation is 1. The second-order valence-corrected chi connectivity index (χ2v) is 4.96. The van der Waals surface area contributed by atoms with Gasteiger partial charge in [-0.2, -0.15) is 0 Å². The molecule has 0 atom stereocenters. The number of benzene rings is 1. The molecule has 0 unspecified atom stereocenters. The van der Waals surface area contributed by atoms with Crippen molar-refractivity contribution in [3.63, 3.8) is 0 Å². The van der Waals surface area contributed by atoms with Crippen molar-refractivity contribution in [3.05, 3.63) is 35.4 Å². The molecule has 1 saturated heterocycles. The summed E-state index contributed by atoms with van der Waals surface area (Å²) < 4.78 is 0. The zero-order chi connectivity index (χ0) is 10.7. The molecule has 1 fully saturated rings. The highest BCUT2D eigenvalue weighted by Crippen LogP contribution is 2.18. The van der Waals surface area contributed by atoms with E-state index in [1.807, 2.05) is 0 Å². The first-order chi connectivity index (χ1) is 7.25. The van der Waals surface area contributed by atoms with Gasteiger partial charge in [0, 0.05) is 0 Å². The van der Waals surface area contributed by atoms with Crippen LogP contribution in [0.4, 0.5) is 0 Å². The molecule has 0 bridgehead atoms. The molecule has 2 rings (SSSR count). The number of hydrogen-bond acceptors (Lipinski definition) is 1. The highest BCUT2D eigenvalue weighted by atomic mass is 14.9. The minimum atomic E-state index is 0.648. The lowest BCUT2D eigenvalue weighted by molar-refractivity contribution is 0.328. The number of rotatable bonds is 4. The van der Waals surface area contributed by atoms with Crippen LogP contribution in [0.25, 0.3) is 0 Å². The second-order valence-electron chi connectivity index (χ2n) is 4.96. The van der Waals surface area contributed by atoms with Crippen LogP contribution in [0.3, 0.4) is 0 Å². The van der Waals surface area contributed by atoms with Gasteiger partial charge in [-0.25, -0.2) is 0 Å². The number of hydrogen-bond donors (Lipinski definition) is 1. The van der Waals surface area contributed by atoms with E-state index in [4.69, 9.17) is 0 Å². The SMILES string of the molecule is CC(C)c1cccc(CCC2CNC2)c1. The van der Waals surface area contributed by atoms with Crippen LogP contribution in [-0.4, -0.2) is 13.1 Å². The monoisotopic (exact) mass is 203 g/mol. The minimum Gasteiger partial charge on any atom is -0.316 e. The Bertz CT molecular complexity index is 313. The predicted octanol–water partition coefficient (Wildman–Crippen LogP) is 2.96. The Morgan fingerprint density at radius 1 is 1.33 bits per heavy atom. The van der Waals surface area contributed by atoms with Gasteiger partial charge in [-0.15, -0.1) is 0 Å². The molecule has 0 saturated carbocycles. The van der Waals surface area contributed by atoms with Crippen molar-refractivity contribution >= 4 is 0 Å². The molecule has 1 aliphatic heterocycles. The van der Waals surface area contributed by atoms with Crippen molar-refractivity contribution in [2.24, 2.45) is 5.92 Å². The maximum absolute atomic E-state index is 3.33. The molecular formula is C14H21N. The van der Waals surface area contributed by atoms with Gasteiger partial charge < -0.3 is 5.32 Å². The smallest absolute Gasteiger partial charge is 0.000814 e. The van der Waals surface area contributed by atoms with Crippen molar-refractivity contribution in [3.8, 4) is 0 Å². The van der Waals surface area contributed by atoms with Crippen LogP contribution in [0.5, 0.6) is 0 Å². The molecule has 1 nitrogen and oxygen atoms in total. The molecule has 1 N–H and O–H groups in total. The van der Waals surface area contributed by atoms with E-state index in [0.717, 1.165) is 5.92 Å². The van der Waals surface area contributed by atoms with Gasteiger partial charge in [-0.1, -0.05) is 38.1 Å². The molecule has 1 aromatic rings. The molecule has 82 valence electrons. The summed E-state index contributed by atoms with van der Waals surface area (Å²) in [6, 6.07) is 9.07. The molecule has 15 heavy (non-hydrogen) atoms. The van der Waals surface area contributed by atoms with Crippen LogP contribution >= 0.6 is 0 Å². The molecule has 1 heteroatoms. The molecule has 1 heterocycles. The number of nitrogens with one attached hydrogen (secondary N) is 1. The van der Waals surface area contributed by atoms with Crippen LogP contribution in [0.1, 0.15) is 37.3 Å². The Morgan fingerprint density at radius 3 is 2.73 bits per heavy atom. The van der Waals surface area contributed by atoms with Crippen molar-refractivity contribution < 1.29 is 0 Å². The van der Waals surface area contributed by atoms with Gasteiger partial charge in [-0.05, 0) is 48.9 Å². The Labute approximate surface area is 92.9 Å². The van der Waals surface area contributed by atoms with Crippen molar-refractivity contribution in [1.82, 2.24) is 5.32 Å². The molecule has 0 radical (unpaired) electrons. The summed E-state index contributed by atoms with van der Waals surface area (Å²) in [5.74, 6) is 1.57. The first-order valence-corrected chi connectivity index (χ1v) is 6.05. The fraction of sp³-hybridized carbons (Fsp3) is 0.571. The zero-order valence-electron chi connectivity index (χ0n) is 9.79. The van der Waals surface area contributed by atoms with E-state index < -0.39 is 0 Å². The molecule has 1 aromatic carbocycles. The van der Waals surface area contributed by atoms with Crippen LogP contribution in [0.15, 0.2) is 24.3 Å². The van der Waals surface area contributed by atoms with Crippen LogP contribution in [0, 0.1) is 5.92 Å². The second kappa shape index (κ2) is 4.80. The lowest BCUT2D eigenvalue weighted by Gasteiger charge is -2.27. The largest absolute Gasteiger partial charge is 0.316 e. The van der Waals surface area contributed by atoms with Gasteiger partial charge >= 0.3 is 0 Å². The minimum absolute atomic E-state index is 0.648. The van der Waals surface area contributed by atoms with Crippen molar-refractivity contribution in [2.75, 3.05) is 13.1 Å². The van der Waals surface area contributed by atoms with Gasteiger partial charge in [0.25, 0.3) is 0 Å². The highest BCUT2D eigenvalue weighted by Gasteiger charge is 2.15. The van der Waals surface area contributed by atoms with Crippen molar-refractivity contribution in [2.45, 2.75) is 32.6 Å². The van der Waals surface area contributed by atoms with E-state index in [0.29, 0.717) is 5.92 Å². The van der Waals surface area contributed by atoms with Crippen LogP contribution in [0.2, 0.25) is 0 Å². The van der Waals surface area contributed by atoms with E-state index in [-0.39, 0.29) is 0 Å². The van der Waals surface area contributed by atoms with E-state index in [2.05, 4.69) is 43.4 Å². The third kappa shape index (κ3) is 2.82. The van der Waals surface area contributed by atoms with E-state index in [1.54, 1.807) is 0 Å². The summed E-state index contributed by atoms with van der Waals surface area (Å²) in [6.45, 7) is 6.97. The Balaban J connectivity index is 1.92. The molecular weight excluding hydrogens is 182 g/mol. The maximum Gasteiger partial charge on any atom is -0.000814 e. The molecule has 0 aliphatic carbocycles. The van der Waals surface area contributed by atoms with Gasteiger partial charge in [-0.3, -0.25) is 0 Å². The molecule has 0 spiro atoms. The Hall–Kier alpha value is -0.820. The quantitative estimate of drug-likeness (QED) is 0.793. The summed E-state index contributed by atoms with van der Waals surface area (Å²) in [4.78, 5) is 0. The first kappa shape index (κ1) is 10.7. The van der Waals surface area contributed by atoms with Crippen molar-refractivity contribution in [1.29, 1.82) is 0 Å². The van der Waals surface area contributed by atoms with Gasteiger partial charge in [0.1, 0.15) is 0 Å². The lowest BCUT2D eigenvalue weighted by Crippen LogP contribution is -2.42. The lowest BCUT2D eigenvalue weighted by atomic mass is 9.93. The van der Waals surface area contributed by atoms with E-state index in [1.165, 1.54) is 37.1 Å². The fourth-order valence-corrected chi connectivity index (χ4v) is 2.03. The summed E-state index contributed by atoms with van der Waals surface area (Å²) in [5, 5.41) is 3.33. The standard InChI is InChI=1S/C14H21N/c1-11(2)14-5-3-4-12(8-14)6-7-13-9-15-10-13/h3-5,8,11,13,15H,6-7,9-10H2,1-2H3. The zero-order valence-corrected chi connectivity index (χ0v) is 9.79. The summed E-state index contributed by atoms with van der Waals surface area (Å²) >= 11 is 0. The van der Waals surface area contributed by atoms with Gasteiger partial charge in [0.15, 0.2) is 0 Å². The molecule has 0 aromatic heterocycles. The van der Waals surface area contributed by atoms with E-state index >= 15 is 0 Å². The average Bonchev–Trinajstić information content (AvgIpc) is 2.16. The summed E-state index contributed by atoms with van der Waals surface area (Å²) in [7, 11) is 0. The van der Waals surface area contributed by atoms with Gasteiger partial charge in [0.2, 0.25) is 0 Å². The normalized spacial score (nSPS) is 16.7.